The number of nitrogens with zero attached hydrogens (tertiary/aromatic N) is 5. The lowest BCUT2D eigenvalue weighted by molar-refractivity contribution is 0.177. The lowest BCUT2D eigenvalue weighted by atomic mass is 9.78. The SMILES string of the molecule is COCc1nc(NCCc2nn[nH]n2)cc(C2CC(N)C2)n1. The summed E-state index contributed by atoms with van der Waals surface area (Å²) in [6.45, 7) is 1.07. The van der Waals surface area contributed by atoms with Gasteiger partial charge in [0.2, 0.25) is 0 Å². The number of nitrogens with one attached hydrogen (secondary N) is 2. The smallest absolute Gasteiger partial charge is 0.176 e. The average Bonchev–Trinajstić information content (AvgIpc) is 2.97. The normalized spacial score (nSPS) is 20.6. The molecule has 0 unspecified atom stereocenters. The molecule has 0 spiro atoms. The van der Waals surface area contributed by atoms with Gasteiger partial charge in [0.05, 0.1) is 0 Å². The maximum Gasteiger partial charge on any atom is 0.176 e. The maximum absolute atomic E-state index is 5.87. The molecule has 118 valence electrons. The number of methoxy groups -OCH3 is 1. The van der Waals surface area contributed by atoms with E-state index >= 15 is 0 Å². The highest BCUT2D eigenvalue weighted by Gasteiger charge is 2.29. The van der Waals surface area contributed by atoms with E-state index in [0.717, 1.165) is 24.4 Å². The van der Waals surface area contributed by atoms with Gasteiger partial charge in [0.15, 0.2) is 11.6 Å². The van der Waals surface area contributed by atoms with Crippen LogP contribution in [-0.2, 0) is 17.8 Å². The van der Waals surface area contributed by atoms with Crippen LogP contribution in [0.4, 0.5) is 5.82 Å². The first-order chi connectivity index (χ1) is 10.7. The van der Waals surface area contributed by atoms with Crippen molar-refractivity contribution in [1.29, 1.82) is 0 Å². The summed E-state index contributed by atoms with van der Waals surface area (Å²) in [6, 6.07) is 2.28. The molecule has 0 radical (unpaired) electrons. The van der Waals surface area contributed by atoms with Gasteiger partial charge in [0.25, 0.3) is 0 Å². The van der Waals surface area contributed by atoms with E-state index in [-0.39, 0.29) is 0 Å². The van der Waals surface area contributed by atoms with Gasteiger partial charge >= 0.3 is 0 Å². The minimum Gasteiger partial charge on any atom is -0.377 e. The van der Waals surface area contributed by atoms with Crippen LogP contribution in [-0.4, -0.2) is 50.3 Å². The predicted octanol–water partition coefficient (Wildman–Crippen LogP) is -0.00460. The molecule has 2 heterocycles. The Bertz CT molecular complexity index is 596. The van der Waals surface area contributed by atoms with Crippen molar-refractivity contribution in [2.75, 3.05) is 19.0 Å². The van der Waals surface area contributed by atoms with E-state index in [2.05, 4.69) is 35.9 Å². The molecule has 1 fully saturated rings. The summed E-state index contributed by atoms with van der Waals surface area (Å²) in [5.41, 5.74) is 6.90. The van der Waals surface area contributed by atoms with Crippen molar-refractivity contribution in [3.05, 3.63) is 23.4 Å². The number of nitrogens with two attached hydrogens (primary N) is 1. The van der Waals surface area contributed by atoms with Gasteiger partial charge in [-0.3, -0.25) is 0 Å². The van der Waals surface area contributed by atoms with Gasteiger partial charge in [0, 0.05) is 43.8 Å². The molecule has 1 aliphatic rings. The second-order valence-electron chi connectivity index (χ2n) is 5.46. The Morgan fingerprint density at radius 1 is 1.36 bits per heavy atom. The van der Waals surface area contributed by atoms with Crippen LogP contribution in [0.2, 0.25) is 0 Å². The second-order valence-corrected chi connectivity index (χ2v) is 5.46. The number of ether oxygens (including phenoxy) is 1. The summed E-state index contributed by atoms with van der Waals surface area (Å²) < 4.78 is 5.14. The van der Waals surface area contributed by atoms with Crippen LogP contribution in [0.25, 0.3) is 0 Å². The summed E-state index contributed by atoms with van der Waals surface area (Å²) in [4.78, 5) is 9.03. The molecule has 1 aliphatic carbocycles. The number of hydrogen-bond donors (Lipinski definition) is 3. The number of aromatic nitrogens is 6. The third-order valence-corrected chi connectivity index (χ3v) is 3.70. The Hall–Kier alpha value is -2.13. The summed E-state index contributed by atoms with van der Waals surface area (Å²) in [6.07, 6.45) is 2.63. The van der Waals surface area contributed by atoms with Crippen LogP contribution in [0, 0.1) is 0 Å². The van der Waals surface area contributed by atoms with Crippen molar-refractivity contribution < 1.29 is 4.74 Å². The number of aromatic amines is 1. The van der Waals surface area contributed by atoms with Crippen LogP contribution in [0.5, 0.6) is 0 Å². The quantitative estimate of drug-likeness (QED) is 0.652. The highest BCUT2D eigenvalue weighted by Crippen LogP contribution is 2.35. The summed E-state index contributed by atoms with van der Waals surface area (Å²) in [5, 5.41) is 17.1. The molecule has 0 atom stereocenters. The molecule has 9 heteroatoms. The zero-order chi connectivity index (χ0) is 15.4. The van der Waals surface area contributed by atoms with Gasteiger partial charge < -0.3 is 15.8 Å². The molecular weight excluding hydrogens is 284 g/mol. The molecule has 2 aromatic heterocycles. The van der Waals surface area contributed by atoms with Crippen molar-refractivity contribution in [1.82, 2.24) is 30.6 Å². The Kier molecular flexibility index (Phi) is 4.54. The Labute approximate surface area is 128 Å². The lowest BCUT2D eigenvalue weighted by Crippen LogP contribution is -2.35. The standard InChI is InChI=1S/C13H20N8O/c1-22-7-13-16-10(8-4-9(14)5-8)6-12(17-13)15-3-2-11-18-20-21-19-11/h6,8-9H,2-5,7,14H2,1H3,(H,15,16,17)(H,18,19,20,21). The van der Waals surface area contributed by atoms with Crippen LogP contribution in [0.3, 0.4) is 0 Å². The van der Waals surface area contributed by atoms with Gasteiger partial charge in [-0.1, -0.05) is 5.21 Å². The van der Waals surface area contributed by atoms with Gasteiger partial charge in [-0.2, -0.15) is 5.21 Å². The van der Waals surface area contributed by atoms with Crippen molar-refractivity contribution in [3.63, 3.8) is 0 Å². The van der Waals surface area contributed by atoms with E-state index in [9.17, 15) is 0 Å². The molecule has 0 saturated heterocycles. The maximum atomic E-state index is 5.87. The van der Waals surface area contributed by atoms with Crippen molar-refractivity contribution in [3.8, 4) is 0 Å². The van der Waals surface area contributed by atoms with Gasteiger partial charge in [-0.05, 0) is 12.8 Å². The molecule has 4 N–H and O–H groups in total. The minimum absolute atomic E-state index is 0.292. The first-order valence-corrected chi connectivity index (χ1v) is 7.33. The monoisotopic (exact) mass is 304 g/mol. The van der Waals surface area contributed by atoms with Crippen molar-refractivity contribution >= 4 is 5.82 Å². The van der Waals surface area contributed by atoms with Crippen LogP contribution >= 0.6 is 0 Å². The molecule has 0 amide bonds. The van der Waals surface area contributed by atoms with Gasteiger partial charge in [-0.15, -0.1) is 10.2 Å². The average molecular weight is 304 g/mol. The van der Waals surface area contributed by atoms with E-state index in [1.807, 2.05) is 6.07 Å². The van der Waals surface area contributed by atoms with Crippen LogP contribution in [0.1, 0.15) is 36.1 Å². The van der Waals surface area contributed by atoms with Crippen molar-refractivity contribution in [2.24, 2.45) is 5.73 Å². The third-order valence-electron chi connectivity index (χ3n) is 3.70. The highest BCUT2D eigenvalue weighted by molar-refractivity contribution is 5.38. The molecule has 0 aliphatic heterocycles. The Balaban J connectivity index is 1.65. The zero-order valence-corrected chi connectivity index (χ0v) is 12.5. The second kappa shape index (κ2) is 6.75. The van der Waals surface area contributed by atoms with E-state index in [4.69, 9.17) is 10.5 Å². The molecule has 22 heavy (non-hydrogen) atoms. The summed E-state index contributed by atoms with van der Waals surface area (Å²) >= 11 is 0. The predicted molar refractivity (Wildman–Crippen MR) is 79.1 cm³/mol. The number of H-pyrrole nitrogens is 1. The fraction of sp³-hybridized carbons (Fsp3) is 0.615. The summed E-state index contributed by atoms with van der Waals surface area (Å²) in [5.74, 6) is 2.57. The molecule has 0 aromatic carbocycles. The topological polar surface area (TPSA) is 128 Å². The first-order valence-electron chi connectivity index (χ1n) is 7.33. The molecule has 1 saturated carbocycles. The Morgan fingerprint density at radius 3 is 2.91 bits per heavy atom. The minimum atomic E-state index is 0.292. The fourth-order valence-electron chi connectivity index (χ4n) is 2.51. The number of rotatable bonds is 7. The fourth-order valence-corrected chi connectivity index (χ4v) is 2.51. The van der Waals surface area contributed by atoms with Crippen molar-refractivity contribution in [2.45, 2.75) is 37.8 Å². The molecule has 3 rings (SSSR count). The number of tetrazole rings is 1. The Morgan fingerprint density at radius 2 is 2.23 bits per heavy atom. The molecule has 0 bridgehead atoms. The van der Waals surface area contributed by atoms with Crippen LogP contribution in [0.15, 0.2) is 6.07 Å². The molecular formula is C13H20N8O. The van der Waals surface area contributed by atoms with E-state index in [1.54, 1.807) is 7.11 Å². The molecule has 2 aromatic rings. The number of hydrogen-bond acceptors (Lipinski definition) is 8. The number of anilines is 1. The summed E-state index contributed by atoms with van der Waals surface area (Å²) in [7, 11) is 1.64. The van der Waals surface area contributed by atoms with Crippen LogP contribution < -0.4 is 11.1 Å². The third kappa shape index (κ3) is 3.55. The van der Waals surface area contributed by atoms with E-state index in [0.29, 0.717) is 43.2 Å². The zero-order valence-electron chi connectivity index (χ0n) is 12.5. The van der Waals surface area contributed by atoms with E-state index in [1.165, 1.54) is 0 Å². The van der Waals surface area contributed by atoms with Gasteiger partial charge in [0.1, 0.15) is 12.4 Å². The first kappa shape index (κ1) is 14.8. The van der Waals surface area contributed by atoms with E-state index < -0.39 is 0 Å². The largest absolute Gasteiger partial charge is 0.377 e. The lowest BCUT2D eigenvalue weighted by Gasteiger charge is -2.32. The van der Waals surface area contributed by atoms with Gasteiger partial charge in [-0.25, -0.2) is 9.97 Å². The molecule has 9 nitrogen and oxygen atoms in total. The highest BCUT2D eigenvalue weighted by atomic mass is 16.5.